The van der Waals surface area contributed by atoms with Crippen LogP contribution in [-0.4, -0.2) is 5.60 Å². The van der Waals surface area contributed by atoms with E-state index in [2.05, 4.69) is 39.0 Å². The summed E-state index contributed by atoms with van der Waals surface area (Å²) in [6.45, 7) is 6.50. The van der Waals surface area contributed by atoms with Crippen molar-refractivity contribution < 1.29 is 4.74 Å². The van der Waals surface area contributed by atoms with Crippen molar-refractivity contribution in [3.8, 4) is 5.75 Å². The number of rotatable bonds is 3. The average Bonchev–Trinajstić information content (AvgIpc) is 2.31. The fraction of sp³-hybridized carbons (Fsp3) is 0.600. The number of ether oxygens (including phenoxy) is 1. The number of hydrogen-bond acceptors (Lipinski definition) is 2. The molecule has 0 saturated heterocycles. The Morgan fingerprint density at radius 2 is 2.18 bits per heavy atom. The van der Waals surface area contributed by atoms with Crippen LogP contribution in [0.1, 0.15) is 56.7 Å². The quantitative estimate of drug-likeness (QED) is 0.863. The minimum Gasteiger partial charge on any atom is -0.487 e. The van der Waals surface area contributed by atoms with Gasteiger partial charge in [0.2, 0.25) is 0 Å². The van der Waals surface area contributed by atoms with Crippen molar-refractivity contribution in [1.29, 1.82) is 0 Å². The molecule has 2 heteroatoms. The summed E-state index contributed by atoms with van der Waals surface area (Å²) in [6.07, 6.45) is 4.20. The lowest BCUT2D eigenvalue weighted by Gasteiger charge is -2.41. The van der Waals surface area contributed by atoms with Crippen LogP contribution in [0, 0.1) is 6.92 Å². The first-order chi connectivity index (χ1) is 8.10. The zero-order valence-electron chi connectivity index (χ0n) is 11.1. The number of hydrogen-bond donors (Lipinski definition) is 1. The molecule has 0 aromatic heterocycles. The molecular weight excluding hydrogens is 210 g/mol. The van der Waals surface area contributed by atoms with Crippen molar-refractivity contribution in [2.24, 2.45) is 5.73 Å². The summed E-state index contributed by atoms with van der Waals surface area (Å²) >= 11 is 0. The molecule has 2 rings (SSSR count). The van der Waals surface area contributed by atoms with E-state index in [-0.39, 0.29) is 11.6 Å². The van der Waals surface area contributed by atoms with Crippen LogP contribution in [0.15, 0.2) is 18.2 Å². The van der Waals surface area contributed by atoms with E-state index in [0.717, 1.165) is 31.4 Å². The van der Waals surface area contributed by atoms with Gasteiger partial charge in [-0.2, -0.15) is 0 Å². The Morgan fingerprint density at radius 3 is 2.82 bits per heavy atom. The molecule has 1 aliphatic rings. The van der Waals surface area contributed by atoms with E-state index >= 15 is 0 Å². The first-order valence-electron chi connectivity index (χ1n) is 6.65. The third kappa shape index (κ3) is 2.32. The van der Waals surface area contributed by atoms with Crippen molar-refractivity contribution in [2.75, 3.05) is 0 Å². The Hall–Kier alpha value is -1.02. The minimum atomic E-state index is -0.0452. The molecule has 2 nitrogen and oxygen atoms in total. The molecule has 0 radical (unpaired) electrons. The van der Waals surface area contributed by atoms with Crippen molar-refractivity contribution in [1.82, 2.24) is 0 Å². The van der Waals surface area contributed by atoms with Crippen LogP contribution in [0.4, 0.5) is 0 Å². The van der Waals surface area contributed by atoms with Crippen LogP contribution in [0.25, 0.3) is 0 Å². The highest BCUT2D eigenvalue weighted by Crippen LogP contribution is 2.42. The third-order valence-corrected chi connectivity index (χ3v) is 3.83. The molecule has 1 heterocycles. The van der Waals surface area contributed by atoms with Crippen LogP contribution < -0.4 is 10.5 Å². The smallest absolute Gasteiger partial charge is 0.124 e. The molecule has 1 unspecified atom stereocenters. The predicted octanol–water partition coefficient (Wildman–Crippen LogP) is 3.73. The van der Waals surface area contributed by atoms with Gasteiger partial charge in [0.05, 0.1) is 0 Å². The highest BCUT2D eigenvalue weighted by Gasteiger charge is 2.37. The molecule has 2 atom stereocenters. The van der Waals surface area contributed by atoms with Crippen LogP contribution in [0.2, 0.25) is 0 Å². The molecule has 0 saturated carbocycles. The largest absolute Gasteiger partial charge is 0.487 e. The molecule has 1 aliphatic heterocycles. The van der Waals surface area contributed by atoms with Gasteiger partial charge in [-0.3, -0.25) is 0 Å². The lowest BCUT2D eigenvalue weighted by molar-refractivity contribution is 0.0230. The maximum absolute atomic E-state index is 6.32. The van der Waals surface area contributed by atoms with Gasteiger partial charge < -0.3 is 10.5 Å². The molecule has 1 aromatic rings. The molecule has 0 spiro atoms. The normalized spacial score (nSPS) is 27.4. The Morgan fingerprint density at radius 1 is 1.41 bits per heavy atom. The van der Waals surface area contributed by atoms with E-state index in [1.807, 2.05) is 0 Å². The highest BCUT2D eigenvalue weighted by molar-refractivity contribution is 5.41. The van der Waals surface area contributed by atoms with Gasteiger partial charge in [0, 0.05) is 18.0 Å². The van der Waals surface area contributed by atoms with Crippen LogP contribution in [0.3, 0.4) is 0 Å². The molecule has 0 aliphatic carbocycles. The lowest BCUT2D eigenvalue weighted by Crippen LogP contribution is -2.42. The summed E-state index contributed by atoms with van der Waals surface area (Å²) in [6, 6.07) is 6.45. The molecule has 17 heavy (non-hydrogen) atoms. The van der Waals surface area contributed by atoms with E-state index < -0.39 is 0 Å². The van der Waals surface area contributed by atoms with Gasteiger partial charge in [-0.25, -0.2) is 0 Å². The average molecular weight is 233 g/mol. The summed E-state index contributed by atoms with van der Waals surface area (Å²) in [4.78, 5) is 0. The molecule has 94 valence electrons. The molecule has 2 N–H and O–H groups in total. The SMILES string of the molecule is CCCC1(CC)C[C@H](N)c2cc(C)ccc2O1. The standard InChI is InChI=1S/C15H23NO/c1-4-8-15(5-2)10-13(16)12-9-11(3)6-7-14(12)17-15/h6-7,9,13H,4-5,8,10,16H2,1-3H3/t13-,15?/m0/s1. The van der Waals surface area contributed by atoms with Gasteiger partial charge in [-0.15, -0.1) is 0 Å². The second-order valence-corrected chi connectivity index (χ2v) is 5.24. The zero-order chi connectivity index (χ0) is 12.5. The van der Waals surface area contributed by atoms with E-state index in [1.165, 1.54) is 11.1 Å². The van der Waals surface area contributed by atoms with Crippen LogP contribution in [-0.2, 0) is 0 Å². The maximum atomic E-state index is 6.32. The summed E-state index contributed by atoms with van der Waals surface area (Å²) < 4.78 is 6.25. The lowest BCUT2D eigenvalue weighted by atomic mass is 9.82. The fourth-order valence-electron chi connectivity index (χ4n) is 2.84. The van der Waals surface area contributed by atoms with E-state index in [9.17, 15) is 0 Å². The number of nitrogens with two attached hydrogens (primary N) is 1. The summed E-state index contributed by atoms with van der Waals surface area (Å²) in [5.74, 6) is 0.990. The number of aryl methyl sites for hydroxylation is 1. The Balaban J connectivity index is 2.35. The topological polar surface area (TPSA) is 35.2 Å². The minimum absolute atomic E-state index is 0.0452. The van der Waals surface area contributed by atoms with Gasteiger partial charge in [0.15, 0.2) is 0 Å². The van der Waals surface area contributed by atoms with Gasteiger partial charge in [-0.1, -0.05) is 38.0 Å². The number of benzene rings is 1. The van der Waals surface area contributed by atoms with Crippen molar-refractivity contribution in [3.05, 3.63) is 29.3 Å². The van der Waals surface area contributed by atoms with E-state index in [4.69, 9.17) is 10.5 Å². The summed E-state index contributed by atoms with van der Waals surface area (Å²) in [5, 5.41) is 0. The molecule has 1 aromatic carbocycles. The van der Waals surface area contributed by atoms with Crippen LogP contribution >= 0.6 is 0 Å². The molecule has 0 fully saturated rings. The Kier molecular flexibility index (Phi) is 3.43. The Labute approximate surface area is 104 Å². The molecule has 0 amide bonds. The second-order valence-electron chi connectivity index (χ2n) is 5.24. The highest BCUT2D eigenvalue weighted by atomic mass is 16.5. The predicted molar refractivity (Wildman–Crippen MR) is 71.3 cm³/mol. The van der Waals surface area contributed by atoms with E-state index in [0.29, 0.717) is 0 Å². The van der Waals surface area contributed by atoms with Gasteiger partial charge >= 0.3 is 0 Å². The number of fused-ring (bicyclic) bond motifs is 1. The van der Waals surface area contributed by atoms with Gasteiger partial charge in [0.25, 0.3) is 0 Å². The van der Waals surface area contributed by atoms with Crippen molar-refractivity contribution in [3.63, 3.8) is 0 Å². The summed E-state index contributed by atoms with van der Waals surface area (Å²) in [5.41, 5.74) is 8.70. The fourth-order valence-corrected chi connectivity index (χ4v) is 2.84. The first kappa shape index (κ1) is 12.4. The second kappa shape index (κ2) is 4.69. The van der Waals surface area contributed by atoms with Crippen molar-refractivity contribution in [2.45, 2.75) is 58.1 Å². The summed E-state index contributed by atoms with van der Waals surface area (Å²) in [7, 11) is 0. The molecular formula is C15H23NO. The third-order valence-electron chi connectivity index (χ3n) is 3.83. The molecule has 0 bridgehead atoms. The Bertz CT molecular complexity index is 402. The van der Waals surface area contributed by atoms with Gasteiger partial charge in [0.1, 0.15) is 11.4 Å². The first-order valence-corrected chi connectivity index (χ1v) is 6.65. The van der Waals surface area contributed by atoms with Gasteiger partial charge in [-0.05, 0) is 25.8 Å². The van der Waals surface area contributed by atoms with E-state index in [1.54, 1.807) is 0 Å². The maximum Gasteiger partial charge on any atom is 0.124 e. The monoisotopic (exact) mass is 233 g/mol. The zero-order valence-corrected chi connectivity index (χ0v) is 11.1. The van der Waals surface area contributed by atoms with Crippen molar-refractivity contribution >= 4 is 0 Å². The van der Waals surface area contributed by atoms with Crippen LogP contribution in [0.5, 0.6) is 5.75 Å².